The van der Waals surface area contributed by atoms with E-state index in [-0.39, 0.29) is 5.02 Å². The number of rotatable bonds is 2. The highest BCUT2D eigenvalue weighted by molar-refractivity contribution is 6.31. The summed E-state index contributed by atoms with van der Waals surface area (Å²) in [5.74, 6) is 0.783. The SMILES string of the molecule is FC(F)(F)c1cc(-c2nn(-c3ccc(Cl)cc3)c3c2CCN3)ccc1Cl. The van der Waals surface area contributed by atoms with Gasteiger partial charge in [0.25, 0.3) is 0 Å². The molecule has 1 aromatic heterocycles. The Balaban J connectivity index is 1.86. The van der Waals surface area contributed by atoms with E-state index in [0.29, 0.717) is 29.2 Å². The summed E-state index contributed by atoms with van der Waals surface area (Å²) in [4.78, 5) is 0. The monoisotopic (exact) mass is 397 g/mol. The minimum absolute atomic E-state index is 0.326. The Labute approximate surface area is 157 Å². The normalized spacial score (nSPS) is 13.6. The van der Waals surface area contributed by atoms with Crippen LogP contribution in [0.3, 0.4) is 0 Å². The Hall–Kier alpha value is -2.18. The van der Waals surface area contributed by atoms with Gasteiger partial charge in [-0.3, -0.25) is 0 Å². The van der Waals surface area contributed by atoms with Gasteiger partial charge in [-0.25, -0.2) is 4.68 Å². The summed E-state index contributed by atoms with van der Waals surface area (Å²) in [5, 5.41) is 8.07. The molecule has 2 heterocycles. The number of nitrogens with zero attached hydrogens (tertiary/aromatic N) is 2. The van der Waals surface area contributed by atoms with E-state index in [1.807, 2.05) is 12.1 Å². The minimum atomic E-state index is -4.52. The topological polar surface area (TPSA) is 29.9 Å². The molecule has 0 saturated heterocycles. The molecule has 0 spiro atoms. The molecule has 3 nitrogen and oxygen atoms in total. The lowest BCUT2D eigenvalue weighted by Gasteiger charge is -2.10. The molecule has 0 aliphatic carbocycles. The quantitative estimate of drug-likeness (QED) is 0.589. The molecule has 26 heavy (non-hydrogen) atoms. The van der Waals surface area contributed by atoms with Crippen molar-refractivity contribution in [2.24, 2.45) is 0 Å². The summed E-state index contributed by atoms with van der Waals surface area (Å²) in [6, 6.07) is 11.0. The van der Waals surface area contributed by atoms with Crippen LogP contribution in [0.25, 0.3) is 16.9 Å². The number of nitrogens with one attached hydrogen (secondary N) is 1. The van der Waals surface area contributed by atoms with Crippen LogP contribution < -0.4 is 5.32 Å². The van der Waals surface area contributed by atoms with Crippen molar-refractivity contribution in [1.82, 2.24) is 9.78 Å². The molecule has 1 aliphatic heterocycles. The second-order valence-electron chi connectivity index (χ2n) is 5.93. The predicted octanol–water partition coefficient (Wildman–Crippen LogP) is 5.83. The Morgan fingerprint density at radius 2 is 1.77 bits per heavy atom. The summed E-state index contributed by atoms with van der Waals surface area (Å²) >= 11 is 11.7. The first-order valence-electron chi connectivity index (χ1n) is 7.83. The number of hydrogen-bond donors (Lipinski definition) is 1. The van der Waals surface area contributed by atoms with Crippen LogP contribution in [0, 0.1) is 0 Å². The number of hydrogen-bond acceptors (Lipinski definition) is 2. The number of fused-ring (bicyclic) bond motifs is 1. The van der Waals surface area contributed by atoms with Crippen LogP contribution in [0.5, 0.6) is 0 Å². The van der Waals surface area contributed by atoms with Crippen LogP contribution in [-0.4, -0.2) is 16.3 Å². The van der Waals surface area contributed by atoms with Gasteiger partial charge in [0.1, 0.15) is 5.82 Å². The number of aromatic nitrogens is 2. The highest BCUT2D eigenvalue weighted by atomic mass is 35.5. The van der Waals surface area contributed by atoms with Gasteiger partial charge in [-0.05, 0) is 42.8 Å². The molecule has 0 radical (unpaired) electrons. The van der Waals surface area contributed by atoms with E-state index in [0.717, 1.165) is 23.1 Å². The summed E-state index contributed by atoms with van der Waals surface area (Å²) < 4.78 is 41.3. The standard InChI is InChI=1S/C18H12Cl2F3N3/c19-11-2-4-12(5-3-11)26-17-13(7-8-24-17)16(25-26)10-1-6-15(20)14(9-10)18(21,22)23/h1-6,9,24H,7-8H2. The number of benzene rings is 2. The van der Waals surface area contributed by atoms with Crippen molar-refractivity contribution >= 4 is 29.0 Å². The van der Waals surface area contributed by atoms with E-state index >= 15 is 0 Å². The maximum absolute atomic E-state index is 13.2. The van der Waals surface area contributed by atoms with Crippen LogP contribution in [0.1, 0.15) is 11.1 Å². The number of halogens is 5. The van der Waals surface area contributed by atoms with Crippen molar-refractivity contribution in [3.63, 3.8) is 0 Å². The number of alkyl halides is 3. The fourth-order valence-electron chi connectivity index (χ4n) is 3.07. The first-order valence-corrected chi connectivity index (χ1v) is 8.59. The maximum Gasteiger partial charge on any atom is 0.417 e. The van der Waals surface area contributed by atoms with Gasteiger partial charge in [0.15, 0.2) is 0 Å². The molecule has 8 heteroatoms. The molecular weight excluding hydrogens is 386 g/mol. The van der Waals surface area contributed by atoms with Crippen molar-refractivity contribution in [2.45, 2.75) is 12.6 Å². The molecule has 0 unspecified atom stereocenters. The van der Waals surface area contributed by atoms with E-state index in [1.165, 1.54) is 6.07 Å². The molecule has 2 aromatic carbocycles. The lowest BCUT2D eigenvalue weighted by Crippen LogP contribution is -2.06. The van der Waals surface area contributed by atoms with Crippen molar-refractivity contribution in [2.75, 3.05) is 11.9 Å². The summed E-state index contributed by atoms with van der Waals surface area (Å²) in [7, 11) is 0. The highest BCUT2D eigenvalue weighted by Gasteiger charge is 2.34. The van der Waals surface area contributed by atoms with Gasteiger partial charge in [-0.2, -0.15) is 18.3 Å². The first kappa shape index (κ1) is 17.2. The van der Waals surface area contributed by atoms with Gasteiger partial charge in [0.2, 0.25) is 0 Å². The molecular formula is C18H12Cl2F3N3. The molecule has 0 amide bonds. The third kappa shape index (κ3) is 2.93. The van der Waals surface area contributed by atoms with Gasteiger partial charge in [0.05, 0.1) is 22.0 Å². The van der Waals surface area contributed by atoms with Gasteiger partial charge < -0.3 is 5.32 Å². The Morgan fingerprint density at radius 3 is 2.46 bits per heavy atom. The van der Waals surface area contributed by atoms with Crippen LogP contribution in [0.15, 0.2) is 42.5 Å². The fourth-order valence-corrected chi connectivity index (χ4v) is 3.42. The molecule has 0 fully saturated rings. The molecule has 0 atom stereocenters. The zero-order valence-electron chi connectivity index (χ0n) is 13.2. The average Bonchev–Trinajstić information content (AvgIpc) is 3.18. The Bertz CT molecular complexity index is 979. The fraction of sp³-hybridized carbons (Fsp3) is 0.167. The minimum Gasteiger partial charge on any atom is -0.369 e. The van der Waals surface area contributed by atoms with E-state index < -0.39 is 11.7 Å². The highest BCUT2D eigenvalue weighted by Crippen LogP contribution is 2.40. The summed E-state index contributed by atoms with van der Waals surface area (Å²) in [5.41, 5.74) is 1.70. The van der Waals surface area contributed by atoms with E-state index in [1.54, 1.807) is 22.9 Å². The van der Waals surface area contributed by atoms with Crippen molar-refractivity contribution in [3.05, 3.63) is 63.6 Å². The molecule has 3 aromatic rings. The van der Waals surface area contributed by atoms with E-state index in [9.17, 15) is 13.2 Å². The zero-order chi connectivity index (χ0) is 18.5. The molecule has 4 rings (SSSR count). The van der Waals surface area contributed by atoms with Crippen molar-refractivity contribution < 1.29 is 13.2 Å². The number of anilines is 1. The van der Waals surface area contributed by atoms with Crippen molar-refractivity contribution in [1.29, 1.82) is 0 Å². The van der Waals surface area contributed by atoms with E-state index in [4.69, 9.17) is 23.2 Å². The average molecular weight is 398 g/mol. The third-order valence-corrected chi connectivity index (χ3v) is 4.85. The summed E-state index contributed by atoms with van der Waals surface area (Å²) in [6.07, 6.45) is -3.84. The van der Waals surface area contributed by atoms with Crippen molar-refractivity contribution in [3.8, 4) is 16.9 Å². The van der Waals surface area contributed by atoms with Gasteiger partial charge >= 0.3 is 6.18 Å². The molecule has 1 N–H and O–H groups in total. The zero-order valence-corrected chi connectivity index (χ0v) is 14.8. The van der Waals surface area contributed by atoms with E-state index in [2.05, 4.69) is 10.4 Å². The van der Waals surface area contributed by atoms with Crippen LogP contribution in [0.4, 0.5) is 19.0 Å². The van der Waals surface area contributed by atoms with Gasteiger partial charge in [0, 0.05) is 22.7 Å². The first-order chi connectivity index (χ1) is 12.3. The largest absolute Gasteiger partial charge is 0.417 e. The van der Waals surface area contributed by atoms with Crippen LogP contribution in [0.2, 0.25) is 10.0 Å². The lowest BCUT2D eigenvalue weighted by atomic mass is 10.0. The smallest absolute Gasteiger partial charge is 0.369 e. The maximum atomic E-state index is 13.2. The predicted molar refractivity (Wildman–Crippen MR) is 96.2 cm³/mol. The van der Waals surface area contributed by atoms with Crippen LogP contribution >= 0.6 is 23.2 Å². The third-order valence-electron chi connectivity index (χ3n) is 4.27. The summed E-state index contributed by atoms with van der Waals surface area (Å²) in [6.45, 7) is 0.702. The van der Waals surface area contributed by atoms with Gasteiger partial charge in [-0.15, -0.1) is 0 Å². The second kappa shape index (κ2) is 6.21. The molecule has 134 valence electrons. The Kier molecular flexibility index (Phi) is 4.12. The Morgan fingerprint density at radius 1 is 1.04 bits per heavy atom. The molecule has 0 bridgehead atoms. The lowest BCUT2D eigenvalue weighted by molar-refractivity contribution is -0.137. The second-order valence-corrected chi connectivity index (χ2v) is 6.78. The van der Waals surface area contributed by atoms with Crippen LogP contribution in [-0.2, 0) is 12.6 Å². The van der Waals surface area contributed by atoms with Gasteiger partial charge in [-0.1, -0.05) is 29.3 Å². The molecule has 0 saturated carbocycles. The molecule has 1 aliphatic rings.